The van der Waals surface area contributed by atoms with Crippen LogP contribution in [0.1, 0.15) is 20.7 Å². The summed E-state index contributed by atoms with van der Waals surface area (Å²) in [7, 11) is 0. The first-order valence-corrected chi connectivity index (χ1v) is 8.34. The molecule has 0 spiro atoms. The Bertz CT molecular complexity index is 852. The van der Waals surface area contributed by atoms with Crippen molar-refractivity contribution in [3.8, 4) is 0 Å². The van der Waals surface area contributed by atoms with Crippen LogP contribution in [0.4, 0.5) is 0 Å². The zero-order valence-corrected chi connectivity index (χ0v) is 15.4. The van der Waals surface area contributed by atoms with Gasteiger partial charge in [0.2, 0.25) is 12.2 Å². The molecule has 0 aliphatic carbocycles. The number of halogens is 2. The standard InChI is InChI=1S/C18H12Cl2O8/c19-11-7-3-1-5-9(11)17(25)27-13(15(21)22)14(16(23)24)28-18(26)10-6-2-4-8-12(10)20/h1-8,13-14H,(H,21,22)(H,23,24)/t13-,14-/m1/s1. The number of rotatable bonds is 7. The quantitative estimate of drug-likeness (QED) is 0.646. The summed E-state index contributed by atoms with van der Waals surface area (Å²) in [5.41, 5.74) is -0.367. The van der Waals surface area contributed by atoms with E-state index in [1.807, 2.05) is 0 Å². The number of carbonyl (C=O) groups is 4. The number of carbonyl (C=O) groups excluding carboxylic acids is 2. The van der Waals surface area contributed by atoms with Crippen LogP contribution in [0.25, 0.3) is 0 Å². The van der Waals surface area contributed by atoms with Gasteiger partial charge in [-0.05, 0) is 24.3 Å². The average Bonchev–Trinajstić information content (AvgIpc) is 2.64. The molecule has 0 saturated heterocycles. The van der Waals surface area contributed by atoms with Gasteiger partial charge in [0.15, 0.2) is 0 Å². The highest BCUT2D eigenvalue weighted by molar-refractivity contribution is 6.34. The first kappa shape index (κ1) is 21.2. The largest absolute Gasteiger partial charge is 0.478 e. The van der Waals surface area contributed by atoms with Crippen LogP contribution in [0.3, 0.4) is 0 Å². The van der Waals surface area contributed by atoms with Gasteiger partial charge < -0.3 is 19.7 Å². The lowest BCUT2D eigenvalue weighted by Gasteiger charge is -2.21. The van der Waals surface area contributed by atoms with Crippen LogP contribution in [0, 0.1) is 0 Å². The molecular formula is C18H12Cl2O8. The molecule has 0 radical (unpaired) electrons. The normalized spacial score (nSPS) is 12.5. The van der Waals surface area contributed by atoms with Crippen LogP contribution in [-0.2, 0) is 19.1 Å². The third-order valence-corrected chi connectivity index (χ3v) is 4.08. The number of ether oxygens (including phenoxy) is 2. The Morgan fingerprint density at radius 3 is 1.29 bits per heavy atom. The molecule has 2 rings (SSSR count). The molecule has 10 heteroatoms. The lowest BCUT2D eigenvalue weighted by Crippen LogP contribution is -2.45. The molecule has 8 nitrogen and oxygen atoms in total. The molecule has 2 atom stereocenters. The summed E-state index contributed by atoms with van der Waals surface area (Å²) in [6.07, 6.45) is -4.65. The molecular weight excluding hydrogens is 415 g/mol. The van der Waals surface area contributed by atoms with Gasteiger partial charge in [0.25, 0.3) is 0 Å². The van der Waals surface area contributed by atoms with Crippen molar-refractivity contribution in [2.75, 3.05) is 0 Å². The van der Waals surface area contributed by atoms with Gasteiger partial charge in [-0.1, -0.05) is 47.5 Å². The predicted molar refractivity (Wildman–Crippen MR) is 96.6 cm³/mol. The van der Waals surface area contributed by atoms with E-state index in [2.05, 4.69) is 0 Å². The molecule has 0 aliphatic rings. The van der Waals surface area contributed by atoms with Crippen LogP contribution in [0.15, 0.2) is 48.5 Å². The van der Waals surface area contributed by atoms with Gasteiger partial charge in [0.05, 0.1) is 21.2 Å². The zero-order valence-electron chi connectivity index (χ0n) is 13.9. The fourth-order valence-electron chi connectivity index (χ4n) is 2.09. The Labute approximate surface area is 168 Å². The average molecular weight is 427 g/mol. The minimum atomic E-state index is -2.33. The molecule has 2 aromatic carbocycles. The third kappa shape index (κ3) is 4.99. The van der Waals surface area contributed by atoms with Gasteiger partial charge in [-0.3, -0.25) is 0 Å². The summed E-state index contributed by atoms with van der Waals surface area (Å²) in [4.78, 5) is 47.4. The summed E-state index contributed by atoms with van der Waals surface area (Å²) >= 11 is 11.7. The molecule has 0 bridgehead atoms. The Hall–Kier alpha value is -3.10. The maximum Gasteiger partial charge on any atom is 0.349 e. The molecule has 0 unspecified atom stereocenters. The van der Waals surface area contributed by atoms with Crippen molar-refractivity contribution in [2.45, 2.75) is 12.2 Å². The molecule has 146 valence electrons. The highest BCUT2D eigenvalue weighted by atomic mass is 35.5. The summed E-state index contributed by atoms with van der Waals surface area (Å²) in [6.45, 7) is 0. The van der Waals surface area contributed by atoms with Gasteiger partial charge in [0.1, 0.15) is 0 Å². The third-order valence-electron chi connectivity index (χ3n) is 3.42. The first-order valence-electron chi connectivity index (χ1n) is 7.59. The number of hydrogen-bond acceptors (Lipinski definition) is 6. The molecule has 2 aromatic rings. The number of carboxylic acid groups (broad SMARTS) is 2. The van der Waals surface area contributed by atoms with Crippen molar-refractivity contribution < 1.29 is 38.9 Å². The first-order chi connectivity index (χ1) is 13.2. The molecule has 0 aliphatic heterocycles. The number of esters is 2. The number of hydrogen-bond donors (Lipinski definition) is 2. The van der Waals surface area contributed by atoms with Gasteiger partial charge in [-0.15, -0.1) is 0 Å². The summed E-state index contributed by atoms with van der Waals surface area (Å²) in [6, 6.07) is 11.2. The smallest absolute Gasteiger partial charge is 0.349 e. The van der Waals surface area contributed by atoms with Crippen molar-refractivity contribution in [3.05, 3.63) is 69.7 Å². The molecule has 2 N–H and O–H groups in total. The minimum Gasteiger partial charge on any atom is -0.478 e. The molecule has 0 saturated carbocycles. The highest BCUT2D eigenvalue weighted by Crippen LogP contribution is 2.20. The molecule has 0 fully saturated rings. The summed E-state index contributed by atoms with van der Waals surface area (Å²) < 4.78 is 9.51. The van der Waals surface area contributed by atoms with E-state index in [9.17, 15) is 29.4 Å². The van der Waals surface area contributed by atoms with Crippen LogP contribution in [0.2, 0.25) is 10.0 Å². The fraction of sp³-hybridized carbons (Fsp3) is 0.111. The van der Waals surface area contributed by atoms with Crippen LogP contribution in [-0.4, -0.2) is 46.3 Å². The van der Waals surface area contributed by atoms with Crippen molar-refractivity contribution >= 4 is 47.1 Å². The van der Waals surface area contributed by atoms with E-state index in [-0.39, 0.29) is 21.2 Å². The molecule has 28 heavy (non-hydrogen) atoms. The molecule has 0 heterocycles. The highest BCUT2D eigenvalue weighted by Gasteiger charge is 2.41. The molecule has 0 amide bonds. The van der Waals surface area contributed by atoms with Crippen molar-refractivity contribution in [3.63, 3.8) is 0 Å². The van der Waals surface area contributed by atoms with Crippen molar-refractivity contribution in [1.29, 1.82) is 0 Å². The Morgan fingerprint density at radius 1 is 0.679 bits per heavy atom. The lowest BCUT2D eigenvalue weighted by molar-refractivity contribution is -0.166. The Kier molecular flexibility index (Phi) is 6.97. The maximum atomic E-state index is 12.2. The van der Waals surface area contributed by atoms with Gasteiger partial charge in [0, 0.05) is 0 Å². The van der Waals surface area contributed by atoms with E-state index < -0.39 is 36.1 Å². The van der Waals surface area contributed by atoms with E-state index in [1.54, 1.807) is 0 Å². The van der Waals surface area contributed by atoms with Crippen molar-refractivity contribution in [1.82, 2.24) is 0 Å². The van der Waals surface area contributed by atoms with E-state index in [1.165, 1.54) is 48.5 Å². The topological polar surface area (TPSA) is 127 Å². The van der Waals surface area contributed by atoms with Gasteiger partial charge >= 0.3 is 23.9 Å². The number of aliphatic carboxylic acids is 2. The van der Waals surface area contributed by atoms with E-state index in [0.29, 0.717) is 0 Å². The van der Waals surface area contributed by atoms with E-state index in [4.69, 9.17) is 32.7 Å². The van der Waals surface area contributed by atoms with Gasteiger partial charge in [-0.2, -0.15) is 0 Å². The van der Waals surface area contributed by atoms with Crippen LogP contribution >= 0.6 is 23.2 Å². The summed E-state index contributed by atoms with van der Waals surface area (Å²) in [5, 5.41) is 18.5. The fourth-order valence-corrected chi connectivity index (χ4v) is 2.52. The maximum absolute atomic E-state index is 12.2. The monoisotopic (exact) mass is 426 g/mol. The SMILES string of the molecule is O=C(O[C@@H](C(=O)O)[C@@H](OC(=O)c1ccccc1Cl)C(=O)O)c1ccccc1Cl. The Balaban J connectivity index is 2.27. The van der Waals surface area contributed by atoms with Crippen LogP contribution in [0.5, 0.6) is 0 Å². The lowest BCUT2D eigenvalue weighted by atomic mass is 10.1. The minimum absolute atomic E-state index is 0.0309. The molecule has 0 aromatic heterocycles. The number of benzene rings is 2. The van der Waals surface area contributed by atoms with E-state index >= 15 is 0 Å². The second-order valence-electron chi connectivity index (χ2n) is 5.29. The second-order valence-corrected chi connectivity index (χ2v) is 6.10. The van der Waals surface area contributed by atoms with Crippen molar-refractivity contribution in [2.24, 2.45) is 0 Å². The second kappa shape index (κ2) is 9.20. The Morgan fingerprint density at radius 2 is 1.00 bits per heavy atom. The van der Waals surface area contributed by atoms with Gasteiger partial charge in [-0.25, -0.2) is 19.2 Å². The zero-order chi connectivity index (χ0) is 20.8. The number of carboxylic acids is 2. The van der Waals surface area contributed by atoms with E-state index in [0.717, 1.165) is 0 Å². The predicted octanol–water partition coefficient (Wildman–Crippen LogP) is 2.91. The van der Waals surface area contributed by atoms with Crippen LogP contribution < -0.4 is 0 Å². The summed E-state index contributed by atoms with van der Waals surface area (Å²) in [5.74, 6) is -6.06.